The van der Waals surface area contributed by atoms with Crippen LogP contribution in [-0.2, 0) is 22.7 Å². The second-order valence-corrected chi connectivity index (χ2v) is 7.80. The molecule has 10 heteroatoms. The van der Waals surface area contributed by atoms with E-state index in [4.69, 9.17) is 25.5 Å². The molecule has 2 aromatic carbocycles. The summed E-state index contributed by atoms with van der Waals surface area (Å²) in [5.74, 6) is -0.160. The molecule has 1 aliphatic heterocycles. The summed E-state index contributed by atoms with van der Waals surface area (Å²) in [6.07, 6.45) is 1.51. The number of methoxy groups -OCH3 is 2. The number of nitrogens with zero attached hydrogens (tertiary/aromatic N) is 1. The molecule has 3 aromatic rings. The number of rotatable bonds is 8. The van der Waals surface area contributed by atoms with E-state index >= 15 is 0 Å². The maximum atomic E-state index is 13.0. The lowest BCUT2D eigenvalue weighted by atomic mass is 10.1. The van der Waals surface area contributed by atoms with Gasteiger partial charge >= 0.3 is 12.0 Å². The number of nitrogens with one attached hydrogen (secondary N) is 1. The minimum absolute atomic E-state index is 0.0259. The summed E-state index contributed by atoms with van der Waals surface area (Å²) in [5, 5.41) is 3.12. The summed E-state index contributed by atoms with van der Waals surface area (Å²) in [5.41, 5.74) is 1.35. The van der Waals surface area contributed by atoms with Gasteiger partial charge in [-0.25, -0.2) is 9.59 Å². The lowest BCUT2D eigenvalue weighted by molar-refractivity contribution is -0.123. The molecule has 1 aromatic heterocycles. The van der Waals surface area contributed by atoms with Crippen molar-refractivity contribution < 1.29 is 33.0 Å². The molecule has 0 atom stereocenters. The van der Waals surface area contributed by atoms with Crippen LogP contribution < -0.4 is 14.8 Å². The number of carbonyl (C=O) groups is 3. The Hall–Kier alpha value is -4.24. The quantitative estimate of drug-likeness (QED) is 0.280. The Morgan fingerprint density at radius 3 is 2.63 bits per heavy atom. The fourth-order valence-electron chi connectivity index (χ4n) is 3.43. The molecule has 0 spiro atoms. The van der Waals surface area contributed by atoms with Crippen LogP contribution in [0.3, 0.4) is 0 Å². The third-order valence-corrected chi connectivity index (χ3v) is 5.55. The summed E-state index contributed by atoms with van der Waals surface area (Å²) in [6.45, 7) is 0.0106. The number of urea groups is 1. The maximum Gasteiger partial charge on any atom is 0.373 e. The van der Waals surface area contributed by atoms with Crippen LogP contribution in [0, 0.1) is 0 Å². The Bertz CT molecular complexity index is 1310. The molecule has 0 unspecified atom stereocenters. The highest BCUT2D eigenvalue weighted by atomic mass is 35.5. The largest absolute Gasteiger partial charge is 0.493 e. The number of carbonyl (C=O) groups excluding carboxylic acids is 3. The van der Waals surface area contributed by atoms with Crippen molar-refractivity contribution in [3.63, 3.8) is 0 Å². The highest BCUT2D eigenvalue weighted by molar-refractivity contribution is 6.31. The van der Waals surface area contributed by atoms with E-state index in [2.05, 4.69) is 10.1 Å². The van der Waals surface area contributed by atoms with Gasteiger partial charge in [-0.2, -0.15) is 0 Å². The van der Waals surface area contributed by atoms with E-state index in [0.717, 1.165) is 10.5 Å². The number of para-hydroxylation sites is 1. The van der Waals surface area contributed by atoms with Gasteiger partial charge in [0.15, 0.2) is 11.5 Å². The lowest BCUT2D eigenvalue weighted by Crippen LogP contribution is -2.30. The number of imide groups is 1. The van der Waals surface area contributed by atoms with Gasteiger partial charge in [0.05, 0.1) is 20.8 Å². The normalized spacial score (nSPS) is 14.3. The van der Waals surface area contributed by atoms with Crippen molar-refractivity contribution in [2.75, 3.05) is 14.2 Å². The predicted octanol–water partition coefficient (Wildman–Crippen LogP) is 4.40. The highest BCUT2D eigenvalue weighted by Gasteiger charge is 2.34. The van der Waals surface area contributed by atoms with Crippen LogP contribution in [0.4, 0.5) is 4.79 Å². The second kappa shape index (κ2) is 10.4. The molecule has 4 rings (SSSR count). The summed E-state index contributed by atoms with van der Waals surface area (Å²) in [6, 6.07) is 14.8. The van der Waals surface area contributed by atoms with E-state index in [1.165, 1.54) is 32.4 Å². The third kappa shape index (κ3) is 5.15. The average Bonchev–Trinajstić information content (AvgIpc) is 3.44. The zero-order valence-corrected chi connectivity index (χ0v) is 19.6. The first-order valence-electron chi connectivity index (χ1n) is 10.5. The molecule has 35 heavy (non-hydrogen) atoms. The molecular formula is C25H21ClN2O7. The van der Waals surface area contributed by atoms with Gasteiger partial charge in [-0.15, -0.1) is 0 Å². The van der Waals surface area contributed by atoms with Crippen molar-refractivity contribution in [2.45, 2.75) is 13.2 Å². The van der Waals surface area contributed by atoms with E-state index in [9.17, 15) is 14.4 Å². The fourth-order valence-corrected chi connectivity index (χ4v) is 3.62. The first kappa shape index (κ1) is 23.9. The second-order valence-electron chi connectivity index (χ2n) is 7.40. The zero-order chi connectivity index (χ0) is 24.9. The number of hydrogen-bond donors (Lipinski definition) is 1. The van der Waals surface area contributed by atoms with Crippen LogP contribution in [0.5, 0.6) is 11.5 Å². The van der Waals surface area contributed by atoms with E-state index in [0.29, 0.717) is 22.1 Å². The molecule has 0 bridgehead atoms. The van der Waals surface area contributed by atoms with Crippen LogP contribution in [0.25, 0.3) is 6.08 Å². The molecule has 0 aliphatic carbocycles. The number of amides is 3. The molecule has 1 aliphatic rings. The van der Waals surface area contributed by atoms with Crippen LogP contribution in [0.15, 0.2) is 64.7 Å². The minimum atomic E-state index is -0.656. The van der Waals surface area contributed by atoms with Gasteiger partial charge in [-0.3, -0.25) is 9.69 Å². The Labute approximate surface area is 205 Å². The molecule has 180 valence electrons. The van der Waals surface area contributed by atoms with E-state index in [1.54, 1.807) is 24.3 Å². The topological polar surface area (TPSA) is 107 Å². The summed E-state index contributed by atoms with van der Waals surface area (Å²) >= 11 is 6.23. The Morgan fingerprint density at radius 1 is 1.09 bits per heavy atom. The van der Waals surface area contributed by atoms with Crippen molar-refractivity contribution in [1.82, 2.24) is 10.2 Å². The molecule has 2 heterocycles. The smallest absolute Gasteiger partial charge is 0.373 e. The monoisotopic (exact) mass is 496 g/mol. The molecule has 1 fully saturated rings. The average molecular weight is 497 g/mol. The van der Waals surface area contributed by atoms with Gasteiger partial charge in [0.25, 0.3) is 5.91 Å². The fraction of sp³-hybridized carbons (Fsp3) is 0.160. The van der Waals surface area contributed by atoms with Crippen molar-refractivity contribution in [2.24, 2.45) is 0 Å². The van der Waals surface area contributed by atoms with Gasteiger partial charge in [0.2, 0.25) is 5.76 Å². The number of hydrogen-bond acceptors (Lipinski definition) is 7. The zero-order valence-electron chi connectivity index (χ0n) is 18.9. The van der Waals surface area contributed by atoms with Crippen LogP contribution in [0.2, 0.25) is 5.02 Å². The van der Waals surface area contributed by atoms with Crippen molar-refractivity contribution in [1.29, 1.82) is 0 Å². The molecule has 0 radical (unpaired) electrons. The highest BCUT2D eigenvalue weighted by Crippen LogP contribution is 2.34. The lowest BCUT2D eigenvalue weighted by Gasteiger charge is -2.14. The first-order valence-corrected chi connectivity index (χ1v) is 10.8. The molecule has 1 saturated heterocycles. The standard InChI is InChI=1S/C25H21ClN2O7/c1-32-20-9-5-7-15(22(20)34-14-16-6-3-4-8-18(16)26)12-19-23(29)28(25(31)27-19)13-17-10-11-21(35-17)24(30)33-2/h3-12H,13-14H2,1-2H3,(H,27,31)/b19-12+. The third-order valence-electron chi connectivity index (χ3n) is 5.18. The van der Waals surface area contributed by atoms with Gasteiger partial charge in [-0.05, 0) is 30.3 Å². The van der Waals surface area contributed by atoms with Gasteiger partial charge in [-0.1, -0.05) is 41.9 Å². The maximum absolute atomic E-state index is 13.0. The van der Waals surface area contributed by atoms with E-state index in [-0.39, 0.29) is 30.4 Å². The Morgan fingerprint density at radius 2 is 1.89 bits per heavy atom. The van der Waals surface area contributed by atoms with Gasteiger partial charge < -0.3 is 23.9 Å². The number of ether oxygens (including phenoxy) is 3. The van der Waals surface area contributed by atoms with Gasteiger partial charge in [0.1, 0.15) is 18.1 Å². The van der Waals surface area contributed by atoms with Crippen LogP contribution in [0.1, 0.15) is 27.4 Å². The summed E-state index contributed by atoms with van der Waals surface area (Å²) < 4.78 is 21.4. The van der Waals surface area contributed by atoms with Gasteiger partial charge in [0, 0.05) is 16.1 Å². The predicted molar refractivity (Wildman–Crippen MR) is 126 cm³/mol. The first-order chi connectivity index (χ1) is 16.9. The van der Waals surface area contributed by atoms with E-state index < -0.39 is 17.9 Å². The number of esters is 1. The van der Waals surface area contributed by atoms with Crippen molar-refractivity contribution in [3.8, 4) is 11.5 Å². The van der Waals surface area contributed by atoms with Crippen LogP contribution >= 0.6 is 11.6 Å². The number of benzene rings is 2. The van der Waals surface area contributed by atoms with Crippen molar-refractivity contribution >= 4 is 35.6 Å². The molecule has 0 saturated carbocycles. The number of furan rings is 1. The SMILES string of the molecule is COC(=O)c1ccc(CN2C(=O)N/C(=C/c3cccc(OC)c3OCc3ccccc3Cl)C2=O)o1. The summed E-state index contributed by atoms with van der Waals surface area (Å²) in [4.78, 5) is 38.0. The minimum Gasteiger partial charge on any atom is -0.493 e. The molecule has 9 nitrogen and oxygen atoms in total. The van der Waals surface area contributed by atoms with Crippen molar-refractivity contribution in [3.05, 3.63) is 88.0 Å². The Kier molecular flexibility index (Phi) is 7.07. The van der Waals surface area contributed by atoms with E-state index in [1.807, 2.05) is 18.2 Å². The Balaban J connectivity index is 1.56. The molecule has 3 amide bonds. The number of halogens is 1. The molecular weight excluding hydrogens is 476 g/mol. The molecule has 1 N–H and O–H groups in total. The summed E-state index contributed by atoms with van der Waals surface area (Å²) in [7, 11) is 2.73. The van der Waals surface area contributed by atoms with Crippen LogP contribution in [-0.4, -0.2) is 37.0 Å².